The highest BCUT2D eigenvalue weighted by Gasteiger charge is 2.19. The van der Waals surface area contributed by atoms with Crippen LogP contribution in [0.3, 0.4) is 0 Å². The number of rotatable bonds is 5. The highest BCUT2D eigenvalue weighted by atomic mass is 19.1. The zero-order valence-electron chi connectivity index (χ0n) is 9.12. The zero-order valence-corrected chi connectivity index (χ0v) is 9.12. The van der Waals surface area contributed by atoms with E-state index < -0.39 is 11.8 Å². The molecule has 4 nitrogen and oxygen atoms in total. The number of ether oxygens (including phenoxy) is 2. The summed E-state index contributed by atoms with van der Waals surface area (Å²) in [5.41, 5.74) is -0.206. The molecule has 1 aromatic carbocycles. The number of halogens is 1. The average Bonchev–Trinajstić information content (AvgIpc) is 2.24. The normalized spacial score (nSPS) is 9.94. The van der Waals surface area contributed by atoms with Crippen LogP contribution in [0.5, 0.6) is 11.5 Å². The Morgan fingerprint density at radius 2 is 1.94 bits per heavy atom. The van der Waals surface area contributed by atoms with Crippen molar-refractivity contribution in [3.05, 3.63) is 23.5 Å². The second-order valence-electron chi connectivity index (χ2n) is 2.93. The Kier molecular flexibility index (Phi) is 4.10. The van der Waals surface area contributed by atoms with Crippen LogP contribution in [0.25, 0.3) is 0 Å². The van der Waals surface area contributed by atoms with Crippen molar-refractivity contribution >= 4 is 5.97 Å². The molecule has 0 aliphatic heterocycles. The third-order valence-corrected chi connectivity index (χ3v) is 1.88. The number of benzene rings is 1. The molecule has 0 unspecified atom stereocenters. The van der Waals surface area contributed by atoms with E-state index in [0.717, 1.165) is 0 Å². The van der Waals surface area contributed by atoms with Crippen molar-refractivity contribution in [1.29, 1.82) is 0 Å². The standard InChI is InChI=1S/C11H13FO4/c1-3-15-8-6-5-7(11(13)14)10(9(8)12)16-4-2/h5-6H,3-4H2,1-2H3,(H,13,14). The van der Waals surface area contributed by atoms with Crippen LogP contribution in [0.1, 0.15) is 24.2 Å². The van der Waals surface area contributed by atoms with Gasteiger partial charge in [0.1, 0.15) is 5.56 Å². The number of hydrogen-bond acceptors (Lipinski definition) is 3. The van der Waals surface area contributed by atoms with Crippen molar-refractivity contribution < 1.29 is 23.8 Å². The SMILES string of the molecule is CCOc1ccc(C(=O)O)c(OCC)c1F. The van der Waals surface area contributed by atoms with Crippen molar-refractivity contribution in [1.82, 2.24) is 0 Å². The highest BCUT2D eigenvalue weighted by molar-refractivity contribution is 5.91. The first-order chi connectivity index (χ1) is 7.61. The zero-order chi connectivity index (χ0) is 12.1. The van der Waals surface area contributed by atoms with Gasteiger partial charge in [0.05, 0.1) is 13.2 Å². The highest BCUT2D eigenvalue weighted by Crippen LogP contribution is 2.30. The number of hydrogen-bond donors (Lipinski definition) is 1. The summed E-state index contributed by atoms with van der Waals surface area (Å²) in [6.07, 6.45) is 0. The van der Waals surface area contributed by atoms with Crippen LogP contribution < -0.4 is 9.47 Å². The van der Waals surface area contributed by atoms with E-state index >= 15 is 0 Å². The molecule has 1 aromatic rings. The molecule has 5 heteroatoms. The van der Waals surface area contributed by atoms with Gasteiger partial charge >= 0.3 is 5.97 Å². The van der Waals surface area contributed by atoms with Crippen molar-refractivity contribution in [2.45, 2.75) is 13.8 Å². The van der Waals surface area contributed by atoms with Crippen LogP contribution in [0.2, 0.25) is 0 Å². The van der Waals surface area contributed by atoms with Crippen molar-refractivity contribution in [2.24, 2.45) is 0 Å². The summed E-state index contributed by atoms with van der Waals surface area (Å²) in [5, 5.41) is 8.85. The molecule has 16 heavy (non-hydrogen) atoms. The van der Waals surface area contributed by atoms with Gasteiger partial charge in [-0.3, -0.25) is 0 Å². The van der Waals surface area contributed by atoms with E-state index in [4.69, 9.17) is 14.6 Å². The van der Waals surface area contributed by atoms with Crippen LogP contribution in [0.15, 0.2) is 12.1 Å². The molecular weight excluding hydrogens is 215 g/mol. The maximum absolute atomic E-state index is 13.8. The lowest BCUT2D eigenvalue weighted by molar-refractivity contribution is 0.0691. The fraction of sp³-hybridized carbons (Fsp3) is 0.364. The third kappa shape index (κ3) is 2.42. The summed E-state index contributed by atoms with van der Waals surface area (Å²) in [6, 6.07) is 2.55. The maximum atomic E-state index is 13.8. The summed E-state index contributed by atoms with van der Waals surface area (Å²) in [4.78, 5) is 10.8. The van der Waals surface area contributed by atoms with Crippen molar-refractivity contribution in [3.63, 3.8) is 0 Å². The monoisotopic (exact) mass is 228 g/mol. The fourth-order valence-electron chi connectivity index (χ4n) is 1.26. The molecule has 0 aliphatic carbocycles. The van der Waals surface area contributed by atoms with E-state index in [1.165, 1.54) is 12.1 Å². The lowest BCUT2D eigenvalue weighted by Crippen LogP contribution is -2.06. The summed E-state index contributed by atoms with van der Waals surface area (Å²) < 4.78 is 23.7. The van der Waals surface area contributed by atoms with Gasteiger partial charge in [-0.05, 0) is 26.0 Å². The Hall–Kier alpha value is -1.78. The van der Waals surface area contributed by atoms with E-state index in [2.05, 4.69) is 0 Å². The first-order valence-corrected chi connectivity index (χ1v) is 4.93. The Bertz CT molecular complexity index is 390. The Morgan fingerprint density at radius 3 is 2.44 bits per heavy atom. The van der Waals surface area contributed by atoms with Crippen LogP contribution >= 0.6 is 0 Å². The topological polar surface area (TPSA) is 55.8 Å². The number of carbonyl (C=O) groups is 1. The average molecular weight is 228 g/mol. The number of carboxylic acids is 1. The van der Waals surface area contributed by atoms with E-state index in [1.54, 1.807) is 13.8 Å². The van der Waals surface area contributed by atoms with Gasteiger partial charge in [-0.25, -0.2) is 4.79 Å². The molecule has 0 amide bonds. The van der Waals surface area contributed by atoms with Crippen LogP contribution in [-0.4, -0.2) is 24.3 Å². The lowest BCUT2D eigenvalue weighted by atomic mass is 10.2. The Labute approximate surface area is 92.6 Å². The molecule has 0 saturated carbocycles. The molecule has 0 aromatic heterocycles. The van der Waals surface area contributed by atoms with Crippen LogP contribution in [0.4, 0.5) is 4.39 Å². The molecule has 1 rings (SSSR count). The molecule has 0 fully saturated rings. The molecule has 1 N–H and O–H groups in total. The number of aromatic carboxylic acids is 1. The lowest BCUT2D eigenvalue weighted by Gasteiger charge is -2.11. The predicted molar refractivity (Wildman–Crippen MR) is 55.7 cm³/mol. The molecule has 0 saturated heterocycles. The predicted octanol–water partition coefficient (Wildman–Crippen LogP) is 2.32. The molecule has 0 aliphatic rings. The van der Waals surface area contributed by atoms with Crippen molar-refractivity contribution in [2.75, 3.05) is 13.2 Å². The number of carboxylic acid groups (broad SMARTS) is 1. The second kappa shape index (κ2) is 5.34. The summed E-state index contributed by atoms with van der Waals surface area (Å²) in [6.45, 7) is 3.85. The van der Waals surface area contributed by atoms with E-state index in [0.29, 0.717) is 6.61 Å². The van der Waals surface area contributed by atoms with Crippen molar-refractivity contribution in [3.8, 4) is 11.5 Å². The Balaban J connectivity index is 3.23. The van der Waals surface area contributed by atoms with Crippen LogP contribution in [-0.2, 0) is 0 Å². The van der Waals surface area contributed by atoms with E-state index in [-0.39, 0.29) is 23.7 Å². The molecule has 0 heterocycles. The van der Waals surface area contributed by atoms with Gasteiger partial charge in [0, 0.05) is 0 Å². The van der Waals surface area contributed by atoms with E-state index in [9.17, 15) is 9.18 Å². The first-order valence-electron chi connectivity index (χ1n) is 4.93. The summed E-state index contributed by atoms with van der Waals surface area (Å²) in [5.74, 6) is -2.29. The van der Waals surface area contributed by atoms with Gasteiger partial charge in [0.25, 0.3) is 0 Å². The van der Waals surface area contributed by atoms with Gasteiger partial charge < -0.3 is 14.6 Å². The summed E-state index contributed by atoms with van der Waals surface area (Å²) >= 11 is 0. The molecule has 0 atom stereocenters. The third-order valence-electron chi connectivity index (χ3n) is 1.88. The maximum Gasteiger partial charge on any atom is 0.339 e. The smallest absolute Gasteiger partial charge is 0.339 e. The van der Waals surface area contributed by atoms with Gasteiger partial charge in [0.15, 0.2) is 11.5 Å². The van der Waals surface area contributed by atoms with Crippen LogP contribution in [0, 0.1) is 5.82 Å². The minimum absolute atomic E-state index is 0.00375. The van der Waals surface area contributed by atoms with E-state index in [1.807, 2.05) is 0 Å². The fourth-order valence-corrected chi connectivity index (χ4v) is 1.26. The molecule has 0 spiro atoms. The molecule has 88 valence electrons. The molecule has 0 bridgehead atoms. The van der Waals surface area contributed by atoms with Gasteiger partial charge in [-0.15, -0.1) is 0 Å². The molecular formula is C11H13FO4. The molecule has 0 radical (unpaired) electrons. The quantitative estimate of drug-likeness (QED) is 0.840. The largest absolute Gasteiger partial charge is 0.491 e. The second-order valence-corrected chi connectivity index (χ2v) is 2.93. The summed E-state index contributed by atoms with van der Waals surface area (Å²) in [7, 11) is 0. The van der Waals surface area contributed by atoms with Gasteiger partial charge in [-0.1, -0.05) is 0 Å². The van der Waals surface area contributed by atoms with Gasteiger partial charge in [-0.2, -0.15) is 4.39 Å². The minimum atomic E-state index is -1.23. The minimum Gasteiger partial charge on any atom is -0.491 e. The Morgan fingerprint density at radius 1 is 1.31 bits per heavy atom. The first kappa shape index (κ1) is 12.3. The van der Waals surface area contributed by atoms with Gasteiger partial charge in [0.2, 0.25) is 5.82 Å².